The molecule has 1 rings (SSSR count). The van der Waals surface area contributed by atoms with Gasteiger partial charge in [-0.2, -0.15) is 5.10 Å². The lowest BCUT2D eigenvalue weighted by Crippen LogP contribution is -2.32. The van der Waals surface area contributed by atoms with Crippen molar-refractivity contribution in [2.45, 2.75) is 46.6 Å². The summed E-state index contributed by atoms with van der Waals surface area (Å²) >= 11 is 0. The van der Waals surface area contributed by atoms with E-state index in [2.05, 4.69) is 17.3 Å². The van der Waals surface area contributed by atoms with Crippen LogP contribution in [0.2, 0.25) is 0 Å². The largest absolute Gasteiger partial charge is 0.396 e. The van der Waals surface area contributed by atoms with E-state index in [4.69, 9.17) is 10.8 Å². The second-order valence-corrected chi connectivity index (χ2v) is 5.04. The Morgan fingerprint density at radius 2 is 2.15 bits per heavy atom. The molecule has 6 heteroatoms. The number of hydrogen-bond donors (Lipinski definition) is 3. The van der Waals surface area contributed by atoms with Crippen molar-refractivity contribution < 1.29 is 9.90 Å². The van der Waals surface area contributed by atoms with Crippen LogP contribution in [0.5, 0.6) is 0 Å². The Labute approximate surface area is 120 Å². The molecule has 0 aliphatic heterocycles. The minimum absolute atomic E-state index is 0.147. The number of aliphatic hydroxyl groups is 1. The van der Waals surface area contributed by atoms with Gasteiger partial charge in [0.1, 0.15) is 5.69 Å². The highest BCUT2D eigenvalue weighted by molar-refractivity contribution is 5.97. The Balaban J connectivity index is 2.71. The fourth-order valence-electron chi connectivity index (χ4n) is 2.32. The number of aromatic nitrogens is 2. The average molecular weight is 282 g/mol. The van der Waals surface area contributed by atoms with E-state index in [9.17, 15) is 4.79 Å². The average Bonchev–Trinajstić information content (AvgIpc) is 2.72. The van der Waals surface area contributed by atoms with E-state index in [1.165, 1.54) is 0 Å². The minimum Gasteiger partial charge on any atom is -0.396 e. The SMILES string of the molecule is CCCC(CCO)CNC(=O)c1c(N)c(C)nn1CC. The van der Waals surface area contributed by atoms with Gasteiger partial charge < -0.3 is 16.2 Å². The van der Waals surface area contributed by atoms with Gasteiger partial charge in [-0.1, -0.05) is 13.3 Å². The van der Waals surface area contributed by atoms with Crippen molar-refractivity contribution in [3.8, 4) is 0 Å². The number of nitrogens with zero attached hydrogens (tertiary/aromatic N) is 2. The number of nitrogen functional groups attached to an aromatic ring is 1. The van der Waals surface area contributed by atoms with Gasteiger partial charge in [0.2, 0.25) is 0 Å². The zero-order chi connectivity index (χ0) is 15.1. The van der Waals surface area contributed by atoms with Crippen LogP contribution in [-0.4, -0.2) is 33.9 Å². The lowest BCUT2D eigenvalue weighted by atomic mass is 10.0. The van der Waals surface area contributed by atoms with Crippen LogP contribution in [0.15, 0.2) is 0 Å². The lowest BCUT2D eigenvalue weighted by molar-refractivity contribution is 0.0933. The molecule has 0 aliphatic carbocycles. The van der Waals surface area contributed by atoms with E-state index in [0.29, 0.717) is 42.5 Å². The third kappa shape index (κ3) is 3.96. The highest BCUT2D eigenvalue weighted by Crippen LogP contribution is 2.17. The quantitative estimate of drug-likeness (QED) is 0.670. The molecular formula is C14H26N4O2. The van der Waals surface area contributed by atoms with Gasteiger partial charge in [-0.3, -0.25) is 9.48 Å². The standard InChI is InChI=1S/C14H26N4O2/c1-4-6-11(7-8-19)9-16-14(20)13-12(15)10(3)17-18(13)5-2/h11,19H,4-9,15H2,1-3H3,(H,16,20). The Morgan fingerprint density at radius 1 is 1.45 bits per heavy atom. The molecule has 0 aliphatic rings. The number of amides is 1. The number of carbonyl (C=O) groups excluding carboxylic acids is 1. The summed E-state index contributed by atoms with van der Waals surface area (Å²) in [7, 11) is 0. The normalized spacial score (nSPS) is 12.4. The predicted octanol–water partition coefficient (Wildman–Crippen LogP) is 1.32. The van der Waals surface area contributed by atoms with E-state index < -0.39 is 0 Å². The summed E-state index contributed by atoms with van der Waals surface area (Å²) in [5, 5.41) is 16.2. The van der Waals surface area contributed by atoms with Crippen LogP contribution in [0.3, 0.4) is 0 Å². The van der Waals surface area contributed by atoms with Crippen molar-refractivity contribution in [1.82, 2.24) is 15.1 Å². The van der Waals surface area contributed by atoms with Crippen molar-refractivity contribution in [2.24, 2.45) is 5.92 Å². The summed E-state index contributed by atoms with van der Waals surface area (Å²) < 4.78 is 1.63. The highest BCUT2D eigenvalue weighted by atomic mass is 16.3. The Bertz CT molecular complexity index is 437. The molecule has 114 valence electrons. The van der Waals surface area contributed by atoms with Crippen LogP contribution in [0.4, 0.5) is 5.69 Å². The first-order valence-corrected chi connectivity index (χ1v) is 7.26. The molecule has 1 unspecified atom stereocenters. The number of hydrogen-bond acceptors (Lipinski definition) is 4. The van der Waals surface area contributed by atoms with Gasteiger partial charge in [0.05, 0.1) is 11.4 Å². The molecule has 1 heterocycles. The number of carbonyl (C=O) groups is 1. The third-order valence-corrected chi connectivity index (χ3v) is 3.47. The van der Waals surface area contributed by atoms with Gasteiger partial charge in [-0.25, -0.2) is 0 Å². The van der Waals surface area contributed by atoms with Crippen molar-refractivity contribution in [1.29, 1.82) is 0 Å². The summed E-state index contributed by atoms with van der Waals surface area (Å²) in [5.74, 6) is 0.110. The van der Waals surface area contributed by atoms with E-state index >= 15 is 0 Å². The van der Waals surface area contributed by atoms with Crippen LogP contribution in [0.25, 0.3) is 0 Å². The summed E-state index contributed by atoms with van der Waals surface area (Å²) in [6, 6.07) is 0. The first-order valence-electron chi connectivity index (χ1n) is 7.26. The van der Waals surface area contributed by atoms with Crippen LogP contribution in [-0.2, 0) is 6.54 Å². The topological polar surface area (TPSA) is 93.2 Å². The van der Waals surface area contributed by atoms with Crippen molar-refractivity contribution in [3.63, 3.8) is 0 Å². The van der Waals surface area contributed by atoms with Gasteiger partial charge >= 0.3 is 0 Å². The molecule has 1 atom stereocenters. The second kappa shape index (κ2) is 7.89. The van der Waals surface area contributed by atoms with E-state index in [1.54, 1.807) is 11.6 Å². The van der Waals surface area contributed by atoms with Crippen LogP contribution < -0.4 is 11.1 Å². The van der Waals surface area contributed by atoms with Crippen LogP contribution in [0.1, 0.15) is 49.3 Å². The van der Waals surface area contributed by atoms with Gasteiger partial charge in [-0.15, -0.1) is 0 Å². The van der Waals surface area contributed by atoms with Gasteiger partial charge in [0.15, 0.2) is 0 Å². The van der Waals surface area contributed by atoms with Gasteiger partial charge in [-0.05, 0) is 32.6 Å². The molecule has 0 fully saturated rings. The molecule has 1 aromatic heterocycles. The van der Waals surface area contributed by atoms with Crippen molar-refractivity contribution in [2.75, 3.05) is 18.9 Å². The lowest BCUT2D eigenvalue weighted by Gasteiger charge is -2.16. The minimum atomic E-state index is -0.191. The first kappa shape index (κ1) is 16.5. The molecule has 0 saturated heterocycles. The molecule has 0 bridgehead atoms. The first-order chi connectivity index (χ1) is 9.54. The fourth-order valence-corrected chi connectivity index (χ4v) is 2.32. The summed E-state index contributed by atoms with van der Waals surface area (Å²) in [6.07, 6.45) is 2.73. The highest BCUT2D eigenvalue weighted by Gasteiger charge is 2.19. The smallest absolute Gasteiger partial charge is 0.271 e. The Morgan fingerprint density at radius 3 is 2.70 bits per heavy atom. The molecule has 4 N–H and O–H groups in total. The van der Waals surface area contributed by atoms with Crippen molar-refractivity contribution >= 4 is 11.6 Å². The zero-order valence-electron chi connectivity index (χ0n) is 12.6. The third-order valence-electron chi connectivity index (χ3n) is 3.47. The summed E-state index contributed by atoms with van der Waals surface area (Å²) in [5.41, 5.74) is 7.48. The number of nitrogens with two attached hydrogens (primary N) is 1. The maximum absolute atomic E-state index is 12.3. The maximum atomic E-state index is 12.3. The molecule has 6 nitrogen and oxygen atoms in total. The molecular weight excluding hydrogens is 256 g/mol. The van der Waals surface area contributed by atoms with E-state index in [0.717, 1.165) is 12.8 Å². The fraction of sp³-hybridized carbons (Fsp3) is 0.714. The Hall–Kier alpha value is -1.56. The van der Waals surface area contributed by atoms with Crippen molar-refractivity contribution in [3.05, 3.63) is 11.4 Å². The van der Waals surface area contributed by atoms with Crippen LogP contribution in [0, 0.1) is 12.8 Å². The second-order valence-electron chi connectivity index (χ2n) is 5.04. The maximum Gasteiger partial charge on any atom is 0.271 e. The molecule has 0 aromatic carbocycles. The number of aryl methyl sites for hydroxylation is 2. The summed E-state index contributed by atoms with van der Waals surface area (Å²) in [4.78, 5) is 12.3. The predicted molar refractivity (Wildman–Crippen MR) is 79.5 cm³/mol. The molecule has 0 spiro atoms. The van der Waals surface area contributed by atoms with E-state index in [-0.39, 0.29) is 12.5 Å². The summed E-state index contributed by atoms with van der Waals surface area (Å²) in [6.45, 7) is 7.13. The number of anilines is 1. The molecule has 1 aromatic rings. The molecule has 20 heavy (non-hydrogen) atoms. The van der Waals surface area contributed by atoms with Crippen LogP contribution >= 0.6 is 0 Å². The number of nitrogens with one attached hydrogen (secondary N) is 1. The molecule has 1 amide bonds. The number of aliphatic hydroxyl groups excluding tert-OH is 1. The molecule has 0 radical (unpaired) electrons. The Kier molecular flexibility index (Phi) is 6.51. The molecule has 0 saturated carbocycles. The number of rotatable bonds is 8. The van der Waals surface area contributed by atoms with Gasteiger partial charge in [0.25, 0.3) is 5.91 Å². The van der Waals surface area contributed by atoms with Gasteiger partial charge in [0, 0.05) is 19.7 Å². The zero-order valence-corrected chi connectivity index (χ0v) is 12.6. The van der Waals surface area contributed by atoms with E-state index in [1.807, 2.05) is 6.92 Å². The monoisotopic (exact) mass is 282 g/mol.